The first kappa shape index (κ1) is 21.3. The van der Waals surface area contributed by atoms with E-state index in [0.717, 1.165) is 11.1 Å². The normalized spacial score (nSPS) is 10.4. The van der Waals surface area contributed by atoms with E-state index in [2.05, 4.69) is 10.6 Å². The molecule has 30 heavy (non-hydrogen) atoms. The van der Waals surface area contributed by atoms with Crippen LogP contribution in [0.4, 0.5) is 0 Å². The third-order valence-corrected chi connectivity index (χ3v) is 4.76. The van der Waals surface area contributed by atoms with Crippen LogP contribution < -0.4 is 16.2 Å². The first-order chi connectivity index (χ1) is 14.5. The minimum Gasteiger partial charge on any atom is -0.352 e. The maximum atomic E-state index is 12.0. The lowest BCUT2D eigenvalue weighted by molar-refractivity contribution is -0.121. The van der Waals surface area contributed by atoms with E-state index < -0.39 is 0 Å². The van der Waals surface area contributed by atoms with E-state index in [1.165, 1.54) is 6.07 Å². The summed E-state index contributed by atoms with van der Waals surface area (Å²) in [5.41, 5.74) is 2.41. The molecule has 2 N–H and O–H groups in total. The van der Waals surface area contributed by atoms with Crippen LogP contribution >= 0.6 is 11.6 Å². The zero-order valence-electron chi connectivity index (χ0n) is 16.3. The minimum absolute atomic E-state index is 0.0445. The van der Waals surface area contributed by atoms with Crippen LogP contribution in [0.3, 0.4) is 0 Å². The highest BCUT2D eigenvalue weighted by molar-refractivity contribution is 6.30. The van der Waals surface area contributed by atoms with Gasteiger partial charge in [-0.2, -0.15) is 0 Å². The van der Waals surface area contributed by atoms with Crippen LogP contribution in [0.25, 0.3) is 0 Å². The second-order valence-electron chi connectivity index (χ2n) is 6.77. The Labute approximate surface area is 179 Å². The molecule has 0 fully saturated rings. The summed E-state index contributed by atoms with van der Waals surface area (Å²) in [6.07, 6.45) is 1.94. The molecule has 0 aliphatic carbocycles. The number of nitrogens with zero attached hydrogens (tertiary/aromatic N) is 1. The van der Waals surface area contributed by atoms with E-state index in [1.54, 1.807) is 41.1 Å². The molecular formula is C23H22ClN3O3. The summed E-state index contributed by atoms with van der Waals surface area (Å²) in [6, 6.07) is 19.3. The fourth-order valence-electron chi connectivity index (χ4n) is 2.83. The molecule has 0 radical (unpaired) electrons. The largest absolute Gasteiger partial charge is 0.352 e. The molecule has 0 saturated carbocycles. The minimum atomic E-state index is -0.243. The van der Waals surface area contributed by atoms with Crippen molar-refractivity contribution < 1.29 is 9.59 Å². The molecule has 1 aromatic heterocycles. The molecule has 6 nitrogen and oxygen atoms in total. The highest BCUT2D eigenvalue weighted by atomic mass is 35.5. The molecule has 2 amide bonds. The molecule has 0 atom stereocenters. The summed E-state index contributed by atoms with van der Waals surface area (Å²) in [5.74, 6) is -0.390. The number of hydrogen-bond donors (Lipinski definition) is 2. The van der Waals surface area contributed by atoms with Crippen LogP contribution in [-0.2, 0) is 17.9 Å². The summed E-state index contributed by atoms with van der Waals surface area (Å²) in [6.45, 7) is 1.15. The molecule has 0 bridgehead atoms. The predicted octanol–water partition coefficient (Wildman–Crippen LogP) is 2.99. The number of carbonyl (C=O) groups excluding carboxylic acids is 2. The Bertz CT molecular complexity index is 1060. The third-order valence-electron chi connectivity index (χ3n) is 4.51. The molecule has 1 heterocycles. The van der Waals surface area contributed by atoms with E-state index in [1.807, 2.05) is 30.3 Å². The van der Waals surface area contributed by atoms with Crippen molar-refractivity contribution in [3.05, 3.63) is 105 Å². The summed E-state index contributed by atoms with van der Waals surface area (Å²) in [7, 11) is 0. The topological polar surface area (TPSA) is 80.2 Å². The number of pyridine rings is 1. The molecule has 2 aromatic carbocycles. The molecule has 7 heteroatoms. The molecule has 0 saturated heterocycles. The number of carbonyl (C=O) groups is 2. The molecule has 3 aromatic rings. The van der Waals surface area contributed by atoms with E-state index in [4.69, 9.17) is 11.6 Å². The Balaban J connectivity index is 1.40. The lowest BCUT2D eigenvalue weighted by Gasteiger charge is -2.09. The van der Waals surface area contributed by atoms with Gasteiger partial charge in [0.05, 0.1) is 6.54 Å². The van der Waals surface area contributed by atoms with Gasteiger partial charge in [-0.3, -0.25) is 14.4 Å². The Morgan fingerprint density at radius 1 is 0.867 bits per heavy atom. The molecule has 0 aliphatic rings. The quantitative estimate of drug-likeness (QED) is 0.584. The van der Waals surface area contributed by atoms with Gasteiger partial charge < -0.3 is 15.2 Å². The van der Waals surface area contributed by atoms with Crippen LogP contribution in [0.15, 0.2) is 77.7 Å². The van der Waals surface area contributed by atoms with Crippen molar-refractivity contribution in [3.8, 4) is 0 Å². The Morgan fingerprint density at radius 2 is 1.57 bits per heavy atom. The first-order valence-electron chi connectivity index (χ1n) is 9.55. The molecule has 0 unspecified atom stereocenters. The SMILES string of the molecule is O=C(CCNC(=O)c1ccc(Cl)cc1)NCc1ccc(Cn2ccccc2=O)cc1. The highest BCUT2D eigenvalue weighted by Crippen LogP contribution is 2.09. The van der Waals surface area contributed by atoms with Gasteiger partial charge >= 0.3 is 0 Å². The van der Waals surface area contributed by atoms with Gasteiger partial charge in [0.25, 0.3) is 11.5 Å². The van der Waals surface area contributed by atoms with Gasteiger partial charge in [-0.05, 0) is 41.5 Å². The summed E-state index contributed by atoms with van der Waals surface area (Å²) in [5, 5.41) is 6.11. The fourth-order valence-corrected chi connectivity index (χ4v) is 2.96. The molecular weight excluding hydrogens is 402 g/mol. The zero-order chi connectivity index (χ0) is 21.3. The zero-order valence-corrected chi connectivity index (χ0v) is 17.1. The van der Waals surface area contributed by atoms with Crippen LogP contribution in [0, 0.1) is 0 Å². The number of benzene rings is 2. The van der Waals surface area contributed by atoms with E-state index in [9.17, 15) is 14.4 Å². The van der Waals surface area contributed by atoms with E-state index >= 15 is 0 Å². The van der Waals surface area contributed by atoms with Crippen molar-refractivity contribution in [2.45, 2.75) is 19.5 Å². The maximum Gasteiger partial charge on any atom is 0.251 e. The van der Waals surface area contributed by atoms with Crippen LogP contribution in [0.2, 0.25) is 5.02 Å². The van der Waals surface area contributed by atoms with Crippen molar-refractivity contribution >= 4 is 23.4 Å². The lowest BCUT2D eigenvalue weighted by Crippen LogP contribution is -2.30. The predicted molar refractivity (Wildman–Crippen MR) is 116 cm³/mol. The van der Waals surface area contributed by atoms with Gasteiger partial charge in [0, 0.05) is 42.4 Å². The second-order valence-corrected chi connectivity index (χ2v) is 7.21. The van der Waals surface area contributed by atoms with Gasteiger partial charge in [-0.15, -0.1) is 0 Å². The van der Waals surface area contributed by atoms with Crippen molar-refractivity contribution in [1.29, 1.82) is 0 Å². The van der Waals surface area contributed by atoms with Gasteiger partial charge in [-0.25, -0.2) is 0 Å². The van der Waals surface area contributed by atoms with Crippen molar-refractivity contribution in [2.75, 3.05) is 6.54 Å². The molecule has 154 valence electrons. The first-order valence-corrected chi connectivity index (χ1v) is 9.93. The Kier molecular flexibility index (Phi) is 7.40. The number of hydrogen-bond acceptors (Lipinski definition) is 3. The van der Waals surface area contributed by atoms with Gasteiger partial charge in [0.2, 0.25) is 5.91 Å². The third kappa shape index (κ3) is 6.32. The maximum absolute atomic E-state index is 12.0. The Morgan fingerprint density at radius 3 is 2.27 bits per heavy atom. The van der Waals surface area contributed by atoms with Gasteiger partial charge in [-0.1, -0.05) is 41.9 Å². The number of nitrogens with one attached hydrogen (secondary N) is 2. The number of rotatable bonds is 8. The second kappa shape index (κ2) is 10.4. The van der Waals surface area contributed by atoms with Crippen LogP contribution in [0.1, 0.15) is 27.9 Å². The van der Waals surface area contributed by atoms with Gasteiger partial charge in [0.1, 0.15) is 0 Å². The highest BCUT2D eigenvalue weighted by Gasteiger charge is 2.07. The van der Waals surface area contributed by atoms with Crippen molar-refractivity contribution in [2.24, 2.45) is 0 Å². The summed E-state index contributed by atoms with van der Waals surface area (Å²) < 4.78 is 1.63. The van der Waals surface area contributed by atoms with Crippen molar-refractivity contribution in [1.82, 2.24) is 15.2 Å². The number of halogens is 1. The summed E-state index contributed by atoms with van der Waals surface area (Å²) in [4.78, 5) is 35.8. The van der Waals surface area contributed by atoms with Crippen LogP contribution in [0.5, 0.6) is 0 Å². The van der Waals surface area contributed by atoms with Gasteiger partial charge in [0.15, 0.2) is 0 Å². The van der Waals surface area contributed by atoms with E-state index in [0.29, 0.717) is 23.7 Å². The van der Waals surface area contributed by atoms with E-state index in [-0.39, 0.29) is 30.3 Å². The summed E-state index contributed by atoms with van der Waals surface area (Å²) >= 11 is 5.80. The standard InChI is InChI=1S/C23H22ClN3O3/c24-20-10-8-19(9-11-20)23(30)25-13-12-21(28)26-15-17-4-6-18(7-5-17)16-27-14-2-1-3-22(27)29/h1-11,14H,12-13,15-16H2,(H,25,30)(H,26,28). The average Bonchev–Trinajstić information content (AvgIpc) is 2.75. The van der Waals surface area contributed by atoms with Crippen LogP contribution in [-0.4, -0.2) is 22.9 Å². The molecule has 3 rings (SSSR count). The molecule has 0 spiro atoms. The fraction of sp³-hybridized carbons (Fsp3) is 0.174. The monoisotopic (exact) mass is 423 g/mol. The van der Waals surface area contributed by atoms with Crippen molar-refractivity contribution in [3.63, 3.8) is 0 Å². The average molecular weight is 424 g/mol. The number of amides is 2. The smallest absolute Gasteiger partial charge is 0.251 e. The lowest BCUT2D eigenvalue weighted by atomic mass is 10.1. The molecule has 0 aliphatic heterocycles. The Hall–Kier alpha value is -3.38. The number of aromatic nitrogens is 1.